The lowest BCUT2D eigenvalue weighted by molar-refractivity contribution is -0.115. The van der Waals surface area contributed by atoms with Crippen LogP contribution in [0.2, 0.25) is 0 Å². The first kappa shape index (κ1) is 17.8. The second kappa shape index (κ2) is 8.93. The van der Waals surface area contributed by atoms with Crippen LogP contribution in [0.1, 0.15) is 17.3 Å². The molecule has 0 aromatic heterocycles. The normalized spacial score (nSPS) is 11.4. The van der Waals surface area contributed by atoms with Crippen molar-refractivity contribution in [2.75, 3.05) is 11.9 Å². The van der Waals surface area contributed by atoms with Crippen molar-refractivity contribution < 1.29 is 9.59 Å². The van der Waals surface area contributed by atoms with Crippen LogP contribution < -0.4 is 10.6 Å². The zero-order valence-electron chi connectivity index (χ0n) is 13.5. The van der Waals surface area contributed by atoms with Crippen LogP contribution >= 0.6 is 11.8 Å². The number of hydrogen-bond acceptors (Lipinski definition) is 3. The predicted octanol–water partition coefficient (Wildman–Crippen LogP) is 3.72. The molecule has 0 heterocycles. The molecule has 1 atom stereocenters. The molecule has 0 aliphatic rings. The second-order valence-electron chi connectivity index (χ2n) is 5.11. The van der Waals surface area contributed by atoms with Crippen molar-refractivity contribution in [1.29, 1.82) is 0 Å². The van der Waals surface area contributed by atoms with E-state index >= 15 is 0 Å². The molecule has 2 aromatic rings. The second-order valence-corrected chi connectivity index (χ2v) is 6.52. The molecule has 0 radical (unpaired) electrons. The van der Waals surface area contributed by atoms with Gasteiger partial charge in [0, 0.05) is 11.4 Å². The molecule has 2 rings (SSSR count). The predicted molar refractivity (Wildman–Crippen MR) is 99.4 cm³/mol. The zero-order valence-corrected chi connectivity index (χ0v) is 14.3. The number of benzene rings is 2. The summed E-state index contributed by atoms with van der Waals surface area (Å²) in [5.74, 6) is -0.387. The summed E-state index contributed by atoms with van der Waals surface area (Å²) >= 11 is 1.47. The first-order chi connectivity index (χ1) is 11.6. The summed E-state index contributed by atoms with van der Waals surface area (Å²) in [5.41, 5.74) is 0.939. The highest BCUT2D eigenvalue weighted by atomic mass is 32.2. The monoisotopic (exact) mass is 340 g/mol. The molecule has 2 amide bonds. The van der Waals surface area contributed by atoms with E-state index in [2.05, 4.69) is 17.2 Å². The highest BCUT2D eigenvalue weighted by Crippen LogP contribution is 2.24. The van der Waals surface area contributed by atoms with Crippen molar-refractivity contribution >= 4 is 29.3 Å². The maximum absolute atomic E-state index is 12.4. The molecule has 0 saturated heterocycles. The highest BCUT2D eigenvalue weighted by molar-refractivity contribution is 8.00. The molecule has 124 valence electrons. The van der Waals surface area contributed by atoms with Crippen molar-refractivity contribution in [3.05, 3.63) is 72.8 Å². The van der Waals surface area contributed by atoms with Crippen molar-refractivity contribution in [1.82, 2.24) is 5.32 Å². The number of carbonyl (C=O) groups is 2. The number of anilines is 1. The van der Waals surface area contributed by atoms with E-state index in [1.807, 2.05) is 37.3 Å². The molecule has 0 fully saturated rings. The number of carbonyl (C=O) groups excluding carboxylic acids is 2. The zero-order chi connectivity index (χ0) is 17.4. The minimum absolute atomic E-state index is 0.146. The number of nitrogens with one attached hydrogen (secondary N) is 2. The molecule has 0 bridgehead atoms. The van der Waals surface area contributed by atoms with Crippen LogP contribution in [-0.2, 0) is 4.79 Å². The van der Waals surface area contributed by atoms with Crippen LogP contribution in [0.15, 0.2) is 72.1 Å². The van der Waals surface area contributed by atoms with Gasteiger partial charge in [-0.15, -0.1) is 18.3 Å². The first-order valence-electron chi connectivity index (χ1n) is 7.62. The van der Waals surface area contributed by atoms with Gasteiger partial charge in [0.15, 0.2) is 0 Å². The standard InChI is InChI=1S/C19H20N2O2S/c1-3-13-20-19(23)16-11-7-8-12-17(16)21-18(22)14(2)24-15-9-5-4-6-10-15/h3-12,14H,1,13H2,2H3,(H,20,23)(H,21,22)/t14-/m0/s1. The van der Waals surface area contributed by atoms with E-state index in [4.69, 9.17) is 0 Å². The van der Waals surface area contributed by atoms with Crippen molar-refractivity contribution in [2.45, 2.75) is 17.1 Å². The topological polar surface area (TPSA) is 58.2 Å². The average Bonchev–Trinajstić information content (AvgIpc) is 2.61. The Morgan fingerprint density at radius 2 is 1.79 bits per heavy atom. The van der Waals surface area contributed by atoms with E-state index in [-0.39, 0.29) is 17.1 Å². The summed E-state index contributed by atoms with van der Waals surface area (Å²) in [4.78, 5) is 25.6. The number of thioether (sulfide) groups is 1. The Bertz CT molecular complexity index is 716. The fourth-order valence-corrected chi connectivity index (χ4v) is 2.93. The van der Waals surface area contributed by atoms with E-state index in [9.17, 15) is 9.59 Å². The molecule has 2 N–H and O–H groups in total. The van der Waals surface area contributed by atoms with E-state index in [1.54, 1.807) is 30.3 Å². The van der Waals surface area contributed by atoms with Gasteiger partial charge in [-0.05, 0) is 31.2 Å². The maximum Gasteiger partial charge on any atom is 0.253 e. The van der Waals surface area contributed by atoms with Gasteiger partial charge in [0.2, 0.25) is 5.91 Å². The Morgan fingerprint density at radius 1 is 1.12 bits per heavy atom. The summed E-state index contributed by atoms with van der Waals surface area (Å²) in [6, 6.07) is 16.7. The molecule has 0 saturated carbocycles. The largest absolute Gasteiger partial charge is 0.349 e. The van der Waals surface area contributed by atoms with Gasteiger partial charge in [-0.2, -0.15) is 0 Å². The summed E-state index contributed by atoms with van der Waals surface area (Å²) in [5, 5.41) is 5.28. The summed E-state index contributed by atoms with van der Waals surface area (Å²) in [6.45, 7) is 5.79. The quantitative estimate of drug-likeness (QED) is 0.596. The molecule has 24 heavy (non-hydrogen) atoms. The molecule has 4 nitrogen and oxygen atoms in total. The highest BCUT2D eigenvalue weighted by Gasteiger charge is 2.17. The molecule has 0 unspecified atom stereocenters. The lowest BCUT2D eigenvalue weighted by Crippen LogP contribution is -2.27. The molecule has 5 heteroatoms. The molecule has 0 aliphatic carbocycles. The molecule has 0 aliphatic heterocycles. The molecular weight excluding hydrogens is 320 g/mol. The summed E-state index contributed by atoms with van der Waals surface area (Å²) in [6.07, 6.45) is 1.61. The van der Waals surface area contributed by atoms with Gasteiger partial charge >= 0.3 is 0 Å². The Labute approximate surface area is 146 Å². The van der Waals surface area contributed by atoms with Gasteiger partial charge in [0.05, 0.1) is 16.5 Å². The van der Waals surface area contributed by atoms with Crippen LogP contribution in [-0.4, -0.2) is 23.6 Å². The minimum Gasteiger partial charge on any atom is -0.349 e. The average molecular weight is 340 g/mol. The van der Waals surface area contributed by atoms with Gasteiger partial charge in [-0.3, -0.25) is 9.59 Å². The van der Waals surface area contributed by atoms with Gasteiger partial charge in [-0.1, -0.05) is 36.4 Å². The molecular formula is C19H20N2O2S. The van der Waals surface area contributed by atoms with Crippen LogP contribution in [0.5, 0.6) is 0 Å². The summed E-state index contributed by atoms with van der Waals surface area (Å²) in [7, 11) is 0. The van der Waals surface area contributed by atoms with Crippen LogP contribution in [0, 0.1) is 0 Å². The summed E-state index contributed by atoms with van der Waals surface area (Å²) < 4.78 is 0. The van der Waals surface area contributed by atoms with Gasteiger partial charge in [0.25, 0.3) is 5.91 Å². The van der Waals surface area contributed by atoms with E-state index in [1.165, 1.54) is 11.8 Å². The molecule has 2 aromatic carbocycles. The van der Waals surface area contributed by atoms with Crippen molar-refractivity contribution in [2.24, 2.45) is 0 Å². The van der Waals surface area contributed by atoms with Crippen molar-refractivity contribution in [3.63, 3.8) is 0 Å². The van der Waals surface area contributed by atoms with Crippen molar-refractivity contribution in [3.8, 4) is 0 Å². The number of hydrogen-bond donors (Lipinski definition) is 2. The molecule has 0 spiro atoms. The lowest BCUT2D eigenvalue weighted by Gasteiger charge is -2.14. The Hall–Kier alpha value is -2.53. The Kier molecular flexibility index (Phi) is 6.63. The SMILES string of the molecule is C=CCNC(=O)c1ccccc1NC(=O)[C@H](C)Sc1ccccc1. The van der Waals surface area contributed by atoms with E-state index in [0.29, 0.717) is 17.8 Å². The first-order valence-corrected chi connectivity index (χ1v) is 8.50. The van der Waals surface area contributed by atoms with Gasteiger partial charge in [-0.25, -0.2) is 0 Å². The van der Waals surface area contributed by atoms with Gasteiger partial charge < -0.3 is 10.6 Å². The fraction of sp³-hybridized carbons (Fsp3) is 0.158. The number of para-hydroxylation sites is 1. The van der Waals surface area contributed by atoms with E-state index < -0.39 is 0 Å². The third-order valence-corrected chi connectivity index (χ3v) is 4.37. The lowest BCUT2D eigenvalue weighted by atomic mass is 10.1. The Morgan fingerprint density at radius 3 is 2.50 bits per heavy atom. The van der Waals surface area contributed by atoms with Gasteiger partial charge in [0.1, 0.15) is 0 Å². The minimum atomic E-state index is -0.281. The number of rotatable bonds is 7. The smallest absolute Gasteiger partial charge is 0.253 e. The Balaban J connectivity index is 2.05. The van der Waals surface area contributed by atoms with Crippen LogP contribution in [0.4, 0.5) is 5.69 Å². The third-order valence-electron chi connectivity index (χ3n) is 3.26. The number of amides is 2. The van der Waals surface area contributed by atoms with E-state index in [0.717, 1.165) is 4.90 Å². The fourth-order valence-electron chi connectivity index (χ4n) is 2.04. The third kappa shape index (κ3) is 4.99. The van der Waals surface area contributed by atoms with Crippen LogP contribution in [0.25, 0.3) is 0 Å². The van der Waals surface area contributed by atoms with Crippen LogP contribution in [0.3, 0.4) is 0 Å². The maximum atomic E-state index is 12.4.